The van der Waals surface area contributed by atoms with E-state index in [0.29, 0.717) is 31.6 Å². The molecule has 1 aromatic carbocycles. The number of nitrogens with one attached hydrogen (secondary N) is 1. The number of nitrogens with zero attached hydrogens (tertiary/aromatic N) is 1. The molecule has 2 rings (SSSR count). The number of fused-ring (bicyclic) bond motifs is 1. The number of ether oxygens (including phenoxy) is 2. The fourth-order valence-electron chi connectivity index (χ4n) is 2.38. The molecule has 0 spiro atoms. The normalized spacial score (nSPS) is 14.3. The van der Waals surface area contributed by atoms with E-state index in [2.05, 4.69) is 44.1 Å². The Kier molecular flexibility index (Phi) is 8.12. The third-order valence-electron chi connectivity index (χ3n) is 4.00. The lowest BCUT2D eigenvalue weighted by atomic mass is 9.84. The number of aliphatic imine (C=N–C) groups is 1. The first-order chi connectivity index (χ1) is 10.9. The van der Waals surface area contributed by atoms with Gasteiger partial charge in [0, 0.05) is 12.0 Å². The molecule has 0 fully saturated rings. The monoisotopic (exact) mass is 447 g/mol. The average molecular weight is 447 g/mol. The van der Waals surface area contributed by atoms with E-state index < -0.39 is 0 Å². The zero-order valence-electron chi connectivity index (χ0n) is 15.1. The zero-order valence-corrected chi connectivity index (χ0v) is 17.4. The van der Waals surface area contributed by atoms with E-state index in [-0.39, 0.29) is 29.4 Å². The van der Waals surface area contributed by atoms with Crippen molar-refractivity contribution in [3.63, 3.8) is 0 Å². The van der Waals surface area contributed by atoms with Gasteiger partial charge in [-0.3, -0.25) is 4.99 Å². The molecule has 1 aromatic rings. The summed E-state index contributed by atoms with van der Waals surface area (Å²) >= 11 is 0. The summed E-state index contributed by atoms with van der Waals surface area (Å²) in [5.41, 5.74) is 6.99. The van der Waals surface area contributed by atoms with Crippen LogP contribution < -0.4 is 20.5 Å². The molecule has 1 aliphatic rings. The fourth-order valence-corrected chi connectivity index (χ4v) is 2.38. The number of rotatable bonds is 6. The van der Waals surface area contributed by atoms with Gasteiger partial charge in [-0.2, -0.15) is 0 Å². The van der Waals surface area contributed by atoms with Crippen molar-refractivity contribution < 1.29 is 9.47 Å². The number of hydrogen-bond acceptors (Lipinski definition) is 3. The minimum absolute atomic E-state index is 0. The lowest BCUT2D eigenvalue weighted by Crippen LogP contribution is -2.34. The highest BCUT2D eigenvalue weighted by Gasteiger charge is 2.23. The molecule has 3 N–H and O–H groups in total. The van der Waals surface area contributed by atoms with Gasteiger partial charge in [0.15, 0.2) is 17.5 Å². The molecule has 0 radical (unpaired) electrons. The number of halogens is 1. The van der Waals surface area contributed by atoms with Crippen LogP contribution in [0.5, 0.6) is 11.5 Å². The predicted octanol–water partition coefficient (Wildman–Crippen LogP) is 3.30. The fraction of sp³-hybridized carbons (Fsp3) is 0.611. The van der Waals surface area contributed by atoms with E-state index in [4.69, 9.17) is 15.2 Å². The maximum absolute atomic E-state index is 5.95. The SMILES string of the molecule is CC(C)CCNC(N)=NCC(C)(C)c1ccc2c(c1)OCCO2.I. The molecule has 1 aliphatic heterocycles. The van der Waals surface area contributed by atoms with Crippen molar-refractivity contribution in [3.05, 3.63) is 23.8 Å². The Morgan fingerprint density at radius 2 is 1.92 bits per heavy atom. The van der Waals surface area contributed by atoms with Crippen LogP contribution in [0.25, 0.3) is 0 Å². The standard InChI is InChI=1S/C18H29N3O2.HI/c1-13(2)7-8-20-17(19)21-12-18(3,4)14-5-6-15-16(11-14)23-10-9-22-15;/h5-6,11,13H,7-10,12H2,1-4H3,(H3,19,20,21);1H. The zero-order chi connectivity index (χ0) is 16.9. The van der Waals surface area contributed by atoms with E-state index in [0.717, 1.165) is 24.5 Å². The van der Waals surface area contributed by atoms with E-state index in [1.807, 2.05) is 12.1 Å². The van der Waals surface area contributed by atoms with Crippen LogP contribution in [0.1, 0.15) is 39.7 Å². The van der Waals surface area contributed by atoms with Crippen molar-refractivity contribution in [2.45, 2.75) is 39.5 Å². The first-order valence-corrected chi connectivity index (χ1v) is 8.32. The molecule has 0 saturated heterocycles. The van der Waals surface area contributed by atoms with Gasteiger partial charge < -0.3 is 20.5 Å². The van der Waals surface area contributed by atoms with Crippen LogP contribution in [0.4, 0.5) is 0 Å². The summed E-state index contributed by atoms with van der Waals surface area (Å²) in [6.07, 6.45) is 1.09. The van der Waals surface area contributed by atoms with Crippen LogP contribution >= 0.6 is 24.0 Å². The Morgan fingerprint density at radius 3 is 2.58 bits per heavy atom. The first kappa shape index (κ1) is 20.9. The van der Waals surface area contributed by atoms with Crippen LogP contribution in [-0.2, 0) is 5.41 Å². The van der Waals surface area contributed by atoms with E-state index in [1.165, 1.54) is 5.56 Å². The molecular weight excluding hydrogens is 417 g/mol. The van der Waals surface area contributed by atoms with Crippen LogP contribution in [0.3, 0.4) is 0 Å². The largest absolute Gasteiger partial charge is 0.486 e. The Hall–Kier alpha value is -1.18. The van der Waals surface area contributed by atoms with Crippen LogP contribution in [-0.4, -0.2) is 32.3 Å². The summed E-state index contributed by atoms with van der Waals surface area (Å²) in [4.78, 5) is 4.49. The molecule has 0 bridgehead atoms. The third-order valence-corrected chi connectivity index (χ3v) is 4.00. The Balaban J connectivity index is 0.00000288. The van der Waals surface area contributed by atoms with Crippen LogP contribution in [0, 0.1) is 5.92 Å². The number of nitrogens with two attached hydrogens (primary N) is 1. The summed E-state index contributed by atoms with van der Waals surface area (Å²) in [7, 11) is 0. The smallest absolute Gasteiger partial charge is 0.188 e. The lowest BCUT2D eigenvalue weighted by molar-refractivity contribution is 0.171. The van der Waals surface area contributed by atoms with Gasteiger partial charge >= 0.3 is 0 Å². The number of benzene rings is 1. The van der Waals surface area contributed by atoms with Gasteiger partial charge in [0.1, 0.15) is 13.2 Å². The Labute approximate surface area is 162 Å². The van der Waals surface area contributed by atoms with Crippen molar-refractivity contribution in [2.24, 2.45) is 16.6 Å². The molecule has 0 aliphatic carbocycles. The van der Waals surface area contributed by atoms with Gasteiger partial charge in [0.2, 0.25) is 0 Å². The van der Waals surface area contributed by atoms with Crippen molar-refractivity contribution in [1.29, 1.82) is 0 Å². The molecule has 136 valence electrons. The molecule has 0 atom stereocenters. The lowest BCUT2D eigenvalue weighted by Gasteiger charge is -2.26. The molecule has 0 amide bonds. The first-order valence-electron chi connectivity index (χ1n) is 8.32. The molecule has 6 heteroatoms. The molecule has 1 heterocycles. The molecular formula is C18H30IN3O2. The molecule has 0 unspecified atom stereocenters. The molecule has 5 nitrogen and oxygen atoms in total. The van der Waals surface area contributed by atoms with Gasteiger partial charge in [-0.05, 0) is 30.0 Å². The maximum Gasteiger partial charge on any atom is 0.188 e. The summed E-state index contributed by atoms with van der Waals surface area (Å²) in [6.45, 7) is 11.4. The highest BCUT2D eigenvalue weighted by Crippen LogP contribution is 2.35. The van der Waals surface area contributed by atoms with Crippen LogP contribution in [0.2, 0.25) is 0 Å². The van der Waals surface area contributed by atoms with Gasteiger partial charge in [0.05, 0.1) is 6.54 Å². The predicted molar refractivity (Wildman–Crippen MR) is 110 cm³/mol. The van der Waals surface area contributed by atoms with Crippen molar-refractivity contribution >= 4 is 29.9 Å². The van der Waals surface area contributed by atoms with Gasteiger partial charge in [-0.15, -0.1) is 24.0 Å². The van der Waals surface area contributed by atoms with E-state index >= 15 is 0 Å². The highest BCUT2D eigenvalue weighted by atomic mass is 127. The maximum atomic E-state index is 5.95. The van der Waals surface area contributed by atoms with Crippen molar-refractivity contribution in [2.75, 3.05) is 26.3 Å². The number of guanidine groups is 1. The van der Waals surface area contributed by atoms with E-state index in [9.17, 15) is 0 Å². The summed E-state index contributed by atoms with van der Waals surface area (Å²) in [5, 5.41) is 3.17. The summed E-state index contributed by atoms with van der Waals surface area (Å²) in [5.74, 6) is 2.80. The quantitative estimate of drug-likeness (QED) is 0.399. The second-order valence-electron chi connectivity index (χ2n) is 7.05. The van der Waals surface area contributed by atoms with E-state index in [1.54, 1.807) is 0 Å². The third kappa shape index (κ3) is 6.03. The minimum atomic E-state index is -0.125. The highest BCUT2D eigenvalue weighted by molar-refractivity contribution is 14.0. The van der Waals surface area contributed by atoms with Gasteiger partial charge in [0.25, 0.3) is 0 Å². The second-order valence-corrected chi connectivity index (χ2v) is 7.05. The molecule has 0 aromatic heterocycles. The van der Waals surface area contributed by atoms with Crippen molar-refractivity contribution in [3.8, 4) is 11.5 Å². The Morgan fingerprint density at radius 1 is 1.25 bits per heavy atom. The second kappa shape index (κ2) is 9.34. The average Bonchev–Trinajstić information content (AvgIpc) is 2.52. The van der Waals surface area contributed by atoms with Gasteiger partial charge in [-0.1, -0.05) is 33.8 Å². The van der Waals surface area contributed by atoms with Crippen LogP contribution in [0.15, 0.2) is 23.2 Å². The number of hydrogen-bond donors (Lipinski definition) is 2. The minimum Gasteiger partial charge on any atom is -0.486 e. The molecule has 24 heavy (non-hydrogen) atoms. The van der Waals surface area contributed by atoms with Crippen molar-refractivity contribution in [1.82, 2.24) is 5.32 Å². The molecule has 0 saturated carbocycles. The summed E-state index contributed by atoms with van der Waals surface area (Å²) in [6, 6.07) is 6.09. The summed E-state index contributed by atoms with van der Waals surface area (Å²) < 4.78 is 11.2. The van der Waals surface area contributed by atoms with Gasteiger partial charge in [-0.25, -0.2) is 0 Å². The Bertz CT molecular complexity index is 559. The topological polar surface area (TPSA) is 68.9 Å².